The molecule has 0 saturated carbocycles. The summed E-state index contributed by atoms with van der Waals surface area (Å²) in [7, 11) is 0. The maximum atomic E-state index is 6.21. The van der Waals surface area contributed by atoms with E-state index in [0.717, 1.165) is 93.8 Å². The van der Waals surface area contributed by atoms with Gasteiger partial charge in [-0.25, -0.2) is 0 Å². The lowest BCUT2D eigenvalue weighted by atomic mass is 10.0. The highest BCUT2D eigenvalue weighted by Crippen LogP contribution is 2.39. The van der Waals surface area contributed by atoms with Crippen LogP contribution in [-0.2, 0) is 0 Å². The summed E-state index contributed by atoms with van der Waals surface area (Å²) in [6.07, 6.45) is 3.96. The molecule has 0 amide bonds. The minimum atomic E-state index is 0.903. The molecule has 0 fully saturated rings. The average molecular weight is 664 g/mol. The highest BCUT2D eigenvalue weighted by atomic mass is 16.3. The first-order chi connectivity index (χ1) is 25.7. The first-order valence-electron chi connectivity index (χ1n) is 17.5. The third-order valence-corrected chi connectivity index (χ3v) is 10.5. The van der Waals surface area contributed by atoms with Crippen LogP contribution in [0.15, 0.2) is 181 Å². The van der Waals surface area contributed by atoms with E-state index >= 15 is 0 Å². The molecule has 0 aliphatic rings. The van der Waals surface area contributed by atoms with Crippen molar-refractivity contribution in [1.82, 2.24) is 14.5 Å². The van der Waals surface area contributed by atoms with Crippen molar-refractivity contribution in [3.8, 4) is 39.1 Å². The number of nitrogens with zero attached hydrogens (tertiary/aromatic N) is 3. The second-order valence-electron chi connectivity index (χ2n) is 13.5. The van der Waals surface area contributed by atoms with E-state index in [1.54, 1.807) is 0 Å². The summed E-state index contributed by atoms with van der Waals surface area (Å²) in [6.45, 7) is 0. The lowest BCUT2D eigenvalue weighted by molar-refractivity contribution is 0.669. The SMILES string of the molecule is c1ccc2ncc(-c3ccc4c(c3)c3cc(-c5cnc6ccccc6c5)ccc3n4-c3ccc(-c4ccc5c(c4)oc4ccccc45)cc3)cc2c1. The molecule has 242 valence electrons. The van der Waals surface area contributed by atoms with Crippen LogP contribution in [0.4, 0.5) is 0 Å². The summed E-state index contributed by atoms with van der Waals surface area (Å²) >= 11 is 0. The molecular weight excluding hydrogens is 635 g/mol. The van der Waals surface area contributed by atoms with Gasteiger partial charge in [-0.15, -0.1) is 0 Å². The lowest BCUT2D eigenvalue weighted by Crippen LogP contribution is -1.94. The molecule has 0 saturated heterocycles. The highest BCUT2D eigenvalue weighted by molar-refractivity contribution is 6.12. The predicted molar refractivity (Wildman–Crippen MR) is 215 cm³/mol. The normalized spacial score (nSPS) is 11.8. The molecule has 0 radical (unpaired) electrons. The molecule has 0 N–H and O–H groups in total. The van der Waals surface area contributed by atoms with Crippen LogP contribution >= 0.6 is 0 Å². The summed E-state index contributed by atoms with van der Waals surface area (Å²) in [5.74, 6) is 0. The Labute approximate surface area is 298 Å². The van der Waals surface area contributed by atoms with Crippen LogP contribution in [0.25, 0.3) is 105 Å². The van der Waals surface area contributed by atoms with Gasteiger partial charge in [0.25, 0.3) is 0 Å². The van der Waals surface area contributed by atoms with Crippen LogP contribution in [0.5, 0.6) is 0 Å². The summed E-state index contributed by atoms with van der Waals surface area (Å²) in [4.78, 5) is 9.55. The van der Waals surface area contributed by atoms with Gasteiger partial charge in [0.15, 0.2) is 0 Å². The van der Waals surface area contributed by atoms with Gasteiger partial charge in [0, 0.05) is 61.5 Å². The van der Waals surface area contributed by atoms with Gasteiger partial charge in [-0.05, 0) is 101 Å². The second-order valence-corrected chi connectivity index (χ2v) is 13.5. The van der Waals surface area contributed by atoms with Crippen molar-refractivity contribution in [1.29, 1.82) is 0 Å². The standard InChI is InChI=1S/C48H29N3O/c1-4-10-43-34(7-1)23-36(28-49-43)31-16-21-45-41(25-31)42-26-32(37-24-35-8-2-5-11-44(35)50-29-37)17-22-46(42)51(45)38-18-13-30(14-19-38)33-15-20-40-39-9-3-6-12-47(39)52-48(40)27-33/h1-29H. The van der Waals surface area contributed by atoms with Crippen LogP contribution in [0.2, 0.25) is 0 Å². The van der Waals surface area contributed by atoms with Crippen molar-refractivity contribution in [2.75, 3.05) is 0 Å². The van der Waals surface area contributed by atoms with Gasteiger partial charge >= 0.3 is 0 Å². The molecule has 4 aromatic heterocycles. The van der Waals surface area contributed by atoms with Gasteiger partial charge in [-0.1, -0.05) is 84.9 Å². The Hall–Kier alpha value is -7.04. The maximum Gasteiger partial charge on any atom is 0.136 e. The first kappa shape index (κ1) is 28.8. The number of benzene rings is 7. The van der Waals surface area contributed by atoms with Crippen LogP contribution in [0.1, 0.15) is 0 Å². The number of para-hydroxylation sites is 3. The molecule has 4 heteroatoms. The largest absolute Gasteiger partial charge is 0.456 e. The molecule has 52 heavy (non-hydrogen) atoms. The monoisotopic (exact) mass is 663 g/mol. The van der Waals surface area contributed by atoms with Crippen LogP contribution in [-0.4, -0.2) is 14.5 Å². The fraction of sp³-hybridized carbons (Fsp3) is 0. The minimum Gasteiger partial charge on any atom is -0.456 e. The van der Waals surface area contributed by atoms with Gasteiger partial charge in [0.05, 0.1) is 22.1 Å². The third kappa shape index (κ3) is 4.55. The van der Waals surface area contributed by atoms with Crippen LogP contribution < -0.4 is 0 Å². The zero-order valence-electron chi connectivity index (χ0n) is 28.0. The van der Waals surface area contributed by atoms with Crippen molar-refractivity contribution in [2.45, 2.75) is 0 Å². The summed E-state index contributed by atoms with van der Waals surface area (Å²) in [6, 6.07) is 58.2. The number of fused-ring (bicyclic) bond motifs is 8. The maximum absolute atomic E-state index is 6.21. The minimum absolute atomic E-state index is 0.903. The van der Waals surface area contributed by atoms with Crippen molar-refractivity contribution in [3.05, 3.63) is 176 Å². The zero-order chi connectivity index (χ0) is 34.2. The van der Waals surface area contributed by atoms with Crippen LogP contribution in [0.3, 0.4) is 0 Å². The molecule has 0 aliphatic heterocycles. The fourth-order valence-corrected chi connectivity index (χ4v) is 7.83. The molecule has 0 bridgehead atoms. The van der Waals surface area contributed by atoms with Gasteiger partial charge in [-0.2, -0.15) is 0 Å². The Bertz CT molecular complexity index is 3050. The first-order valence-corrected chi connectivity index (χ1v) is 17.5. The van der Waals surface area contributed by atoms with E-state index in [-0.39, 0.29) is 0 Å². The van der Waals surface area contributed by atoms with E-state index in [4.69, 9.17) is 14.4 Å². The molecule has 4 heterocycles. The lowest BCUT2D eigenvalue weighted by Gasteiger charge is -2.10. The van der Waals surface area contributed by atoms with Gasteiger partial charge in [0.1, 0.15) is 11.2 Å². The third-order valence-electron chi connectivity index (χ3n) is 10.5. The average Bonchev–Trinajstić information content (AvgIpc) is 3.75. The van der Waals surface area contributed by atoms with Gasteiger partial charge < -0.3 is 8.98 Å². The number of hydrogen-bond acceptors (Lipinski definition) is 3. The van der Waals surface area contributed by atoms with E-state index in [0.29, 0.717) is 0 Å². The Kier molecular flexibility index (Phi) is 6.22. The highest BCUT2D eigenvalue weighted by Gasteiger charge is 2.16. The molecular formula is C48H29N3O. The molecule has 7 aromatic carbocycles. The molecule has 11 aromatic rings. The number of rotatable bonds is 4. The summed E-state index contributed by atoms with van der Waals surface area (Å²) in [5.41, 5.74) is 14.0. The van der Waals surface area contributed by atoms with E-state index < -0.39 is 0 Å². The Morgan fingerprint density at radius 3 is 1.54 bits per heavy atom. The van der Waals surface area contributed by atoms with Gasteiger partial charge in [0.2, 0.25) is 0 Å². The Morgan fingerprint density at radius 1 is 0.365 bits per heavy atom. The summed E-state index contributed by atoms with van der Waals surface area (Å²) in [5, 5.41) is 6.93. The van der Waals surface area contributed by atoms with E-state index in [9.17, 15) is 0 Å². The van der Waals surface area contributed by atoms with E-state index in [2.05, 4.69) is 144 Å². The van der Waals surface area contributed by atoms with E-state index in [1.165, 1.54) is 10.8 Å². The van der Waals surface area contributed by atoms with Crippen molar-refractivity contribution in [3.63, 3.8) is 0 Å². The smallest absolute Gasteiger partial charge is 0.136 e. The Balaban J connectivity index is 1.06. The number of aromatic nitrogens is 3. The van der Waals surface area contributed by atoms with Crippen molar-refractivity contribution >= 4 is 65.6 Å². The molecule has 4 nitrogen and oxygen atoms in total. The molecule has 11 rings (SSSR count). The molecule has 0 aliphatic carbocycles. The van der Waals surface area contributed by atoms with E-state index in [1.807, 2.05) is 36.7 Å². The van der Waals surface area contributed by atoms with Crippen molar-refractivity contribution < 1.29 is 4.42 Å². The number of pyridine rings is 2. The number of hydrogen-bond donors (Lipinski definition) is 0. The predicted octanol–water partition coefficient (Wildman–Crippen LogP) is 12.8. The fourth-order valence-electron chi connectivity index (χ4n) is 7.83. The molecule has 0 atom stereocenters. The second kappa shape index (κ2) is 11.2. The van der Waals surface area contributed by atoms with Gasteiger partial charge in [-0.3, -0.25) is 9.97 Å². The summed E-state index contributed by atoms with van der Waals surface area (Å²) < 4.78 is 8.58. The zero-order valence-corrected chi connectivity index (χ0v) is 28.0. The number of furan rings is 1. The molecule has 0 spiro atoms. The molecule has 0 unspecified atom stereocenters. The quantitative estimate of drug-likeness (QED) is 0.188. The van der Waals surface area contributed by atoms with Crippen molar-refractivity contribution in [2.24, 2.45) is 0 Å². The topological polar surface area (TPSA) is 43.9 Å². The van der Waals surface area contributed by atoms with Crippen LogP contribution in [0, 0.1) is 0 Å². The Morgan fingerprint density at radius 2 is 0.885 bits per heavy atom.